The summed E-state index contributed by atoms with van der Waals surface area (Å²) >= 11 is 0. The molecule has 0 saturated heterocycles. The van der Waals surface area contributed by atoms with Crippen LogP contribution in [0.2, 0.25) is 0 Å². The molecule has 0 N–H and O–H groups in total. The fourth-order valence-electron chi connectivity index (χ4n) is 9.90. The van der Waals surface area contributed by atoms with Crippen LogP contribution in [-0.2, 0) is 0 Å². The summed E-state index contributed by atoms with van der Waals surface area (Å²) in [4.78, 5) is 10.4. The minimum absolute atomic E-state index is 0.714. The summed E-state index contributed by atoms with van der Waals surface area (Å²) in [5.41, 5.74) is 13.6. The summed E-state index contributed by atoms with van der Waals surface area (Å²) in [6.45, 7) is 0. The van der Waals surface area contributed by atoms with Gasteiger partial charge in [-0.2, -0.15) is 0 Å². The van der Waals surface area contributed by atoms with Crippen molar-refractivity contribution < 1.29 is 0 Å². The maximum atomic E-state index is 5.18. The summed E-state index contributed by atoms with van der Waals surface area (Å²) in [6, 6.07) is 86.1. The lowest BCUT2D eigenvalue weighted by Crippen LogP contribution is -2.72. The Balaban J connectivity index is 1.04. The van der Waals surface area contributed by atoms with Crippen LogP contribution in [0.1, 0.15) is 0 Å². The SMILES string of the molecule is c1ccc(-c2ccc(-n3c4ccccc4c4cc([Si]5(c6ccc(-c7nc(-c8ccccc8)cc(-c8ccccc8)n7)cc6)c6ccccc6-c6ccccc65)ccc43)cc2)cc1. The molecule has 1 aliphatic heterocycles. The van der Waals surface area contributed by atoms with E-state index in [2.05, 4.69) is 229 Å². The van der Waals surface area contributed by atoms with Gasteiger partial charge in [-0.25, -0.2) is 9.97 Å². The maximum Gasteiger partial charge on any atom is 0.180 e. The van der Waals surface area contributed by atoms with Crippen LogP contribution in [0.5, 0.6) is 0 Å². The molecule has 12 rings (SSSR count). The lowest BCUT2D eigenvalue weighted by Gasteiger charge is -2.31. The van der Waals surface area contributed by atoms with Crippen LogP contribution >= 0.6 is 0 Å². The molecule has 3 heterocycles. The van der Waals surface area contributed by atoms with Gasteiger partial charge < -0.3 is 4.57 Å². The molecule has 0 bridgehead atoms. The smallest absolute Gasteiger partial charge is 0.180 e. The van der Waals surface area contributed by atoms with E-state index in [-0.39, 0.29) is 0 Å². The van der Waals surface area contributed by atoms with E-state index in [1.807, 2.05) is 12.1 Å². The Morgan fingerprint density at radius 1 is 0.323 bits per heavy atom. The number of aromatic nitrogens is 3. The fraction of sp³-hybridized carbons (Fsp3) is 0. The maximum absolute atomic E-state index is 5.18. The van der Waals surface area contributed by atoms with Crippen molar-refractivity contribution in [1.29, 1.82) is 0 Å². The van der Waals surface area contributed by atoms with Gasteiger partial charge >= 0.3 is 0 Å². The van der Waals surface area contributed by atoms with Crippen molar-refractivity contribution in [2.75, 3.05) is 0 Å². The molecule has 9 aromatic carbocycles. The van der Waals surface area contributed by atoms with Gasteiger partial charge in [-0.1, -0.05) is 206 Å². The lowest BCUT2D eigenvalue weighted by atomic mass is 10.1. The second kappa shape index (κ2) is 14.7. The number of fused-ring (bicyclic) bond motifs is 6. The van der Waals surface area contributed by atoms with Crippen LogP contribution in [0.15, 0.2) is 237 Å². The minimum atomic E-state index is -2.85. The quantitative estimate of drug-likeness (QED) is 0.150. The van der Waals surface area contributed by atoms with Crippen LogP contribution in [0.25, 0.3) is 83.6 Å². The third-order valence-corrected chi connectivity index (χ3v) is 17.6. The highest BCUT2D eigenvalue weighted by Crippen LogP contribution is 2.35. The Labute approximate surface area is 361 Å². The molecular formula is C58H39N3Si. The van der Waals surface area contributed by atoms with Crippen molar-refractivity contribution in [3.8, 4) is 61.8 Å². The molecule has 0 amide bonds. The van der Waals surface area contributed by atoms with E-state index in [1.165, 1.54) is 64.8 Å². The van der Waals surface area contributed by atoms with Gasteiger partial charge in [-0.3, -0.25) is 0 Å². The van der Waals surface area contributed by atoms with Crippen LogP contribution in [0.4, 0.5) is 0 Å². The zero-order valence-electron chi connectivity index (χ0n) is 33.9. The monoisotopic (exact) mass is 805 g/mol. The van der Waals surface area contributed by atoms with Crippen LogP contribution in [-0.4, -0.2) is 22.6 Å². The molecule has 0 saturated carbocycles. The summed E-state index contributed by atoms with van der Waals surface area (Å²) < 4.78 is 2.43. The average Bonchev–Trinajstić information content (AvgIpc) is 3.85. The van der Waals surface area contributed by atoms with E-state index in [1.54, 1.807) is 0 Å². The van der Waals surface area contributed by atoms with Crippen molar-refractivity contribution >= 4 is 50.6 Å². The first kappa shape index (κ1) is 36.0. The van der Waals surface area contributed by atoms with Crippen molar-refractivity contribution in [2.45, 2.75) is 0 Å². The van der Waals surface area contributed by atoms with Gasteiger partial charge in [0.2, 0.25) is 0 Å². The molecule has 11 aromatic rings. The standard InChI is InChI=1S/C58H39N3Si/c1-4-16-40(17-5-1)41-28-32-45(33-29-41)61-54-25-13-10-22-48(54)51-38-47(36-37-55(51)61)62(56-26-14-11-23-49(56)50-24-12-15-27-57(50)62)46-34-30-44(31-35-46)58-59-52(42-18-6-2-7-19-42)39-53(60-58)43-20-8-3-9-21-43/h1-39H. The number of rotatable bonds is 7. The molecule has 4 heteroatoms. The highest BCUT2D eigenvalue weighted by atomic mass is 28.3. The third kappa shape index (κ3) is 5.72. The summed E-state index contributed by atoms with van der Waals surface area (Å²) in [6.07, 6.45) is 0. The van der Waals surface area contributed by atoms with E-state index >= 15 is 0 Å². The summed E-state index contributed by atoms with van der Waals surface area (Å²) in [5, 5.41) is 8.05. The van der Waals surface area contributed by atoms with E-state index in [9.17, 15) is 0 Å². The van der Waals surface area contributed by atoms with E-state index in [0.717, 1.165) is 33.8 Å². The minimum Gasteiger partial charge on any atom is -0.309 e. The van der Waals surface area contributed by atoms with Crippen LogP contribution < -0.4 is 20.7 Å². The first-order chi connectivity index (χ1) is 30.7. The molecular weight excluding hydrogens is 767 g/mol. The number of hydrogen-bond donors (Lipinski definition) is 0. The molecule has 0 fully saturated rings. The molecule has 0 radical (unpaired) electrons. The van der Waals surface area contributed by atoms with Gasteiger partial charge in [0.15, 0.2) is 13.9 Å². The molecule has 0 unspecified atom stereocenters. The third-order valence-electron chi connectivity index (χ3n) is 12.7. The molecule has 290 valence electrons. The van der Waals surface area contributed by atoms with E-state index < -0.39 is 8.07 Å². The predicted molar refractivity (Wildman–Crippen MR) is 261 cm³/mol. The largest absolute Gasteiger partial charge is 0.309 e. The van der Waals surface area contributed by atoms with Gasteiger partial charge in [0, 0.05) is 33.2 Å². The van der Waals surface area contributed by atoms with E-state index in [0.29, 0.717) is 5.82 Å². The Hall–Kier alpha value is -7.92. The molecule has 0 spiro atoms. The number of nitrogens with zero attached hydrogens (tertiary/aromatic N) is 3. The van der Waals surface area contributed by atoms with Gasteiger partial charge in [0.25, 0.3) is 0 Å². The first-order valence-electron chi connectivity index (χ1n) is 21.2. The van der Waals surface area contributed by atoms with Gasteiger partial charge in [-0.05, 0) is 73.3 Å². The van der Waals surface area contributed by atoms with Crippen molar-refractivity contribution in [2.24, 2.45) is 0 Å². The van der Waals surface area contributed by atoms with Gasteiger partial charge in [0.1, 0.15) is 0 Å². The molecule has 3 nitrogen and oxygen atoms in total. The Morgan fingerprint density at radius 2 is 0.790 bits per heavy atom. The summed E-state index contributed by atoms with van der Waals surface area (Å²) in [7, 11) is -2.85. The fourth-order valence-corrected chi connectivity index (χ4v) is 15.1. The van der Waals surface area contributed by atoms with Crippen molar-refractivity contribution in [3.63, 3.8) is 0 Å². The van der Waals surface area contributed by atoms with Crippen molar-refractivity contribution in [3.05, 3.63) is 237 Å². The molecule has 62 heavy (non-hydrogen) atoms. The predicted octanol–water partition coefficient (Wildman–Crippen LogP) is 11.6. The normalized spacial score (nSPS) is 12.6. The molecule has 0 aliphatic carbocycles. The highest BCUT2D eigenvalue weighted by Gasteiger charge is 2.48. The second-order valence-corrected chi connectivity index (χ2v) is 19.8. The zero-order chi connectivity index (χ0) is 41.0. The Kier molecular flexibility index (Phi) is 8.51. The molecule has 2 aromatic heterocycles. The lowest BCUT2D eigenvalue weighted by molar-refractivity contribution is 1.18. The van der Waals surface area contributed by atoms with Crippen LogP contribution in [0.3, 0.4) is 0 Å². The number of para-hydroxylation sites is 1. The molecule has 0 atom stereocenters. The van der Waals surface area contributed by atoms with E-state index in [4.69, 9.17) is 9.97 Å². The first-order valence-corrected chi connectivity index (χ1v) is 23.2. The molecule has 1 aliphatic rings. The summed E-state index contributed by atoms with van der Waals surface area (Å²) in [5.74, 6) is 0.714. The number of benzene rings is 9. The zero-order valence-corrected chi connectivity index (χ0v) is 34.9. The van der Waals surface area contributed by atoms with Crippen LogP contribution in [0, 0.1) is 0 Å². The number of hydrogen-bond acceptors (Lipinski definition) is 2. The second-order valence-electron chi connectivity index (χ2n) is 16.1. The highest BCUT2D eigenvalue weighted by molar-refractivity contribution is 7.22. The average molecular weight is 806 g/mol. The van der Waals surface area contributed by atoms with Gasteiger partial charge in [-0.15, -0.1) is 0 Å². The Morgan fingerprint density at radius 3 is 1.40 bits per heavy atom. The van der Waals surface area contributed by atoms with Gasteiger partial charge in [0.05, 0.1) is 22.4 Å². The Bertz CT molecular complexity index is 3330. The topological polar surface area (TPSA) is 30.7 Å². The van der Waals surface area contributed by atoms with Crippen molar-refractivity contribution in [1.82, 2.24) is 14.5 Å².